The molecule has 0 spiro atoms. The minimum absolute atomic E-state index is 0.219. The summed E-state index contributed by atoms with van der Waals surface area (Å²) in [5.74, 6) is 0.396. The van der Waals surface area contributed by atoms with Crippen LogP contribution in [0.15, 0.2) is 22.7 Å². The molecule has 1 aromatic rings. The van der Waals surface area contributed by atoms with Gasteiger partial charge in [0.15, 0.2) is 0 Å². The van der Waals surface area contributed by atoms with Gasteiger partial charge in [0.1, 0.15) is 5.60 Å². The first-order valence-electron chi connectivity index (χ1n) is 10.4. The van der Waals surface area contributed by atoms with Crippen LogP contribution in [0.1, 0.15) is 72.8 Å². The van der Waals surface area contributed by atoms with Gasteiger partial charge < -0.3 is 18.9 Å². The number of carbonyl (C=O) groups excluding carboxylic acids is 1. The topological polar surface area (TPSA) is 48.0 Å². The monoisotopic (exact) mass is 465 g/mol. The first-order chi connectivity index (χ1) is 13.3. The second-order valence-electron chi connectivity index (χ2n) is 10.1. The highest BCUT2D eigenvalue weighted by Gasteiger charge is 2.51. The normalized spacial score (nSPS) is 22.1. The molecule has 1 amide bonds. The first-order valence-corrected chi connectivity index (χ1v) is 11.2. The van der Waals surface area contributed by atoms with Crippen molar-refractivity contribution in [3.05, 3.63) is 28.2 Å². The lowest BCUT2D eigenvalue weighted by Crippen LogP contribution is -2.41. The van der Waals surface area contributed by atoms with Gasteiger partial charge in [-0.05, 0) is 90.4 Å². The van der Waals surface area contributed by atoms with Crippen molar-refractivity contribution in [3.8, 4) is 0 Å². The molecule has 0 saturated carbocycles. The van der Waals surface area contributed by atoms with Crippen LogP contribution in [-0.4, -0.2) is 48.0 Å². The fourth-order valence-electron chi connectivity index (χ4n) is 3.71. The zero-order chi connectivity index (χ0) is 21.6. The third kappa shape index (κ3) is 5.17. The van der Waals surface area contributed by atoms with Gasteiger partial charge in [0, 0.05) is 17.6 Å². The van der Waals surface area contributed by atoms with Gasteiger partial charge in [-0.2, -0.15) is 0 Å². The molecule has 29 heavy (non-hydrogen) atoms. The smallest absolute Gasteiger partial charge is 0.444 e. The van der Waals surface area contributed by atoms with Crippen LogP contribution in [0.25, 0.3) is 0 Å². The van der Waals surface area contributed by atoms with Gasteiger partial charge in [0.25, 0.3) is 0 Å². The van der Waals surface area contributed by atoms with Crippen molar-refractivity contribution in [2.75, 3.05) is 13.1 Å². The average molecular weight is 466 g/mol. The van der Waals surface area contributed by atoms with Gasteiger partial charge >= 0.3 is 13.2 Å². The minimum atomic E-state index is -0.462. The summed E-state index contributed by atoms with van der Waals surface area (Å²) in [7, 11) is -0.377. The number of halogens is 1. The Morgan fingerprint density at radius 3 is 2.17 bits per heavy atom. The number of rotatable bonds is 2. The van der Waals surface area contributed by atoms with E-state index in [1.54, 1.807) is 0 Å². The van der Waals surface area contributed by atoms with E-state index >= 15 is 0 Å². The molecule has 7 heteroatoms. The van der Waals surface area contributed by atoms with Crippen molar-refractivity contribution < 1.29 is 18.8 Å². The van der Waals surface area contributed by atoms with Gasteiger partial charge in [-0.25, -0.2) is 4.79 Å². The zero-order valence-electron chi connectivity index (χ0n) is 18.7. The van der Waals surface area contributed by atoms with Crippen molar-refractivity contribution in [2.24, 2.45) is 0 Å². The zero-order valence-corrected chi connectivity index (χ0v) is 20.3. The molecule has 2 saturated heterocycles. The van der Waals surface area contributed by atoms with Crippen LogP contribution in [0.3, 0.4) is 0 Å². The fraction of sp³-hybridized carbons (Fsp3) is 0.682. The summed E-state index contributed by atoms with van der Waals surface area (Å²) in [5, 5.41) is 0. The summed E-state index contributed by atoms with van der Waals surface area (Å²) in [6, 6.07) is 6.44. The molecule has 2 aliphatic rings. The van der Waals surface area contributed by atoms with Crippen LogP contribution in [0, 0.1) is 0 Å². The average Bonchev–Trinajstić information content (AvgIpc) is 2.81. The van der Waals surface area contributed by atoms with E-state index in [-0.39, 0.29) is 24.4 Å². The maximum absolute atomic E-state index is 12.3. The van der Waals surface area contributed by atoms with Gasteiger partial charge in [-0.15, -0.1) is 0 Å². The molecule has 0 unspecified atom stereocenters. The van der Waals surface area contributed by atoms with Crippen molar-refractivity contribution in [1.82, 2.24) is 4.90 Å². The van der Waals surface area contributed by atoms with E-state index in [4.69, 9.17) is 14.0 Å². The van der Waals surface area contributed by atoms with Crippen LogP contribution >= 0.6 is 15.9 Å². The van der Waals surface area contributed by atoms with Crippen molar-refractivity contribution in [3.63, 3.8) is 0 Å². The van der Waals surface area contributed by atoms with Crippen LogP contribution in [0.4, 0.5) is 4.79 Å². The summed E-state index contributed by atoms with van der Waals surface area (Å²) in [4.78, 5) is 14.1. The summed E-state index contributed by atoms with van der Waals surface area (Å²) in [6.45, 7) is 15.4. The molecule has 0 bridgehead atoms. The quantitative estimate of drug-likeness (QED) is 0.585. The Kier molecular flexibility index (Phi) is 6.16. The number of hydrogen-bond donors (Lipinski definition) is 0. The second kappa shape index (κ2) is 7.90. The SMILES string of the molecule is CC(C)(C)OC(=O)N1CCC(c2cc(Br)cc(B3OC(C)(C)C(C)(C)O3)c2)CC1. The lowest BCUT2D eigenvalue weighted by Gasteiger charge is -2.33. The number of hydrogen-bond acceptors (Lipinski definition) is 4. The number of carbonyl (C=O) groups is 1. The van der Waals surface area contributed by atoms with Crippen molar-refractivity contribution in [1.29, 1.82) is 0 Å². The Hall–Kier alpha value is -1.05. The number of benzene rings is 1. The molecule has 0 aromatic heterocycles. The molecular weight excluding hydrogens is 433 g/mol. The Morgan fingerprint density at radius 2 is 1.66 bits per heavy atom. The molecule has 2 aliphatic heterocycles. The molecule has 5 nitrogen and oxygen atoms in total. The predicted octanol–water partition coefficient (Wildman–Crippen LogP) is 4.86. The summed E-state index contributed by atoms with van der Waals surface area (Å²) < 4.78 is 19.0. The molecule has 0 N–H and O–H groups in total. The van der Waals surface area contributed by atoms with Crippen LogP contribution < -0.4 is 5.46 Å². The van der Waals surface area contributed by atoms with Crippen molar-refractivity contribution >= 4 is 34.6 Å². The number of nitrogens with zero attached hydrogens (tertiary/aromatic N) is 1. The van der Waals surface area contributed by atoms with Crippen LogP contribution in [0.2, 0.25) is 0 Å². The summed E-state index contributed by atoms with van der Waals surface area (Å²) >= 11 is 3.66. The highest BCUT2D eigenvalue weighted by Crippen LogP contribution is 2.37. The standard InChI is InChI=1S/C22H33BBrNO4/c1-20(2,3)27-19(26)25-10-8-15(9-11-25)16-12-17(14-18(24)13-16)23-28-21(4,5)22(6,7)29-23/h12-15H,8-11H2,1-7H3. The van der Waals surface area contributed by atoms with Gasteiger partial charge in [0.05, 0.1) is 11.2 Å². The third-order valence-electron chi connectivity index (χ3n) is 6.09. The van der Waals surface area contributed by atoms with E-state index in [9.17, 15) is 4.79 Å². The van der Waals surface area contributed by atoms with E-state index in [0.717, 1.165) is 22.8 Å². The lowest BCUT2D eigenvalue weighted by molar-refractivity contribution is 0.00578. The minimum Gasteiger partial charge on any atom is -0.444 e. The molecule has 1 aromatic carbocycles. The largest absolute Gasteiger partial charge is 0.494 e. The molecule has 2 fully saturated rings. The molecule has 160 valence electrons. The van der Waals surface area contributed by atoms with E-state index in [1.165, 1.54) is 5.56 Å². The van der Waals surface area contributed by atoms with E-state index in [1.807, 2.05) is 25.7 Å². The van der Waals surface area contributed by atoms with Gasteiger partial charge in [-0.1, -0.05) is 22.0 Å². The molecule has 0 radical (unpaired) electrons. The molecule has 0 aliphatic carbocycles. The highest BCUT2D eigenvalue weighted by molar-refractivity contribution is 9.10. The van der Waals surface area contributed by atoms with Gasteiger partial charge in [-0.3, -0.25) is 0 Å². The Labute approximate surface area is 183 Å². The van der Waals surface area contributed by atoms with E-state index in [2.05, 4.69) is 61.8 Å². The van der Waals surface area contributed by atoms with Crippen molar-refractivity contribution in [2.45, 2.75) is 84.0 Å². The number of ether oxygens (including phenoxy) is 1. The maximum atomic E-state index is 12.3. The number of piperidine rings is 1. The maximum Gasteiger partial charge on any atom is 0.494 e. The van der Waals surface area contributed by atoms with E-state index < -0.39 is 5.60 Å². The summed E-state index contributed by atoms with van der Waals surface area (Å²) in [6.07, 6.45) is 1.61. The third-order valence-corrected chi connectivity index (χ3v) is 6.54. The number of amides is 1. The van der Waals surface area contributed by atoms with E-state index in [0.29, 0.717) is 19.0 Å². The fourth-order valence-corrected chi connectivity index (χ4v) is 4.24. The Morgan fingerprint density at radius 1 is 1.10 bits per heavy atom. The predicted molar refractivity (Wildman–Crippen MR) is 120 cm³/mol. The molecular formula is C22H33BBrNO4. The van der Waals surface area contributed by atoms with Gasteiger partial charge in [0.2, 0.25) is 0 Å². The lowest BCUT2D eigenvalue weighted by atomic mass is 9.76. The molecule has 2 heterocycles. The number of likely N-dealkylation sites (tertiary alicyclic amines) is 1. The Bertz CT molecular complexity index is 751. The summed E-state index contributed by atoms with van der Waals surface area (Å²) in [5.41, 5.74) is 1.10. The second-order valence-corrected chi connectivity index (χ2v) is 11.1. The molecule has 3 rings (SSSR count). The van der Waals surface area contributed by atoms with Crippen LogP contribution in [-0.2, 0) is 14.0 Å². The van der Waals surface area contributed by atoms with Crippen LogP contribution in [0.5, 0.6) is 0 Å². The highest BCUT2D eigenvalue weighted by atomic mass is 79.9. The first kappa shape index (κ1) is 22.6. The molecule has 0 atom stereocenters. The Balaban J connectivity index is 1.70.